The minimum absolute atomic E-state index is 0.226. The molecular formula is C15H18N2O2S. The Kier molecular flexibility index (Phi) is 2.38. The van der Waals surface area contributed by atoms with Crippen molar-refractivity contribution >= 4 is 16.2 Å². The molecule has 4 nitrogen and oxygen atoms in total. The van der Waals surface area contributed by atoms with Crippen LogP contribution in [0, 0.1) is 30.1 Å². The van der Waals surface area contributed by atoms with E-state index in [0.717, 1.165) is 23.3 Å². The third-order valence-electron chi connectivity index (χ3n) is 5.40. The summed E-state index contributed by atoms with van der Waals surface area (Å²) in [5.74, 6) is 2.60. The van der Waals surface area contributed by atoms with E-state index in [9.17, 15) is 8.42 Å². The zero-order valence-electron chi connectivity index (χ0n) is 11.4. The average molecular weight is 290 g/mol. The van der Waals surface area contributed by atoms with Crippen molar-refractivity contribution in [1.29, 1.82) is 0 Å². The van der Waals surface area contributed by atoms with Gasteiger partial charge in [-0.1, -0.05) is 17.7 Å². The maximum absolute atomic E-state index is 12.1. The van der Waals surface area contributed by atoms with Crippen LogP contribution in [0.5, 0.6) is 0 Å². The monoisotopic (exact) mass is 290 g/mol. The van der Waals surface area contributed by atoms with E-state index in [1.807, 2.05) is 13.1 Å². The minimum atomic E-state index is -3.53. The predicted octanol–water partition coefficient (Wildman–Crippen LogP) is 2.31. The highest BCUT2D eigenvalue weighted by atomic mass is 32.2. The van der Waals surface area contributed by atoms with Crippen LogP contribution in [0.2, 0.25) is 0 Å². The summed E-state index contributed by atoms with van der Waals surface area (Å²) in [6.45, 7) is 1.93. The summed E-state index contributed by atoms with van der Waals surface area (Å²) >= 11 is 0. The lowest BCUT2D eigenvalue weighted by atomic mass is 9.29. The summed E-state index contributed by atoms with van der Waals surface area (Å²) in [6, 6.07) is 6.79. The first-order valence-corrected chi connectivity index (χ1v) is 8.61. The molecule has 3 saturated carbocycles. The molecule has 3 aliphatic rings. The van der Waals surface area contributed by atoms with Gasteiger partial charge in [-0.3, -0.25) is 0 Å². The van der Waals surface area contributed by atoms with Gasteiger partial charge < -0.3 is 0 Å². The smallest absolute Gasteiger partial charge is 0.200 e. The van der Waals surface area contributed by atoms with Crippen molar-refractivity contribution in [2.24, 2.45) is 28.3 Å². The predicted molar refractivity (Wildman–Crippen MR) is 76.7 cm³/mol. The number of hydrogen-bond donors (Lipinski definition) is 1. The van der Waals surface area contributed by atoms with Crippen LogP contribution in [0.1, 0.15) is 24.8 Å². The topological polar surface area (TPSA) is 58.5 Å². The molecule has 0 amide bonds. The van der Waals surface area contributed by atoms with Crippen LogP contribution in [0.4, 0.5) is 0 Å². The average Bonchev–Trinajstić information content (AvgIpc) is 2.38. The number of sulfonamides is 1. The van der Waals surface area contributed by atoms with Crippen LogP contribution in [0.3, 0.4) is 0 Å². The highest BCUT2D eigenvalue weighted by Gasteiger charge is 2.70. The third kappa shape index (κ3) is 1.59. The molecule has 2 unspecified atom stereocenters. The molecule has 1 aromatic carbocycles. The van der Waals surface area contributed by atoms with Gasteiger partial charge in [-0.2, -0.15) is 13.5 Å². The molecule has 3 aliphatic carbocycles. The first-order chi connectivity index (χ1) is 9.50. The molecule has 0 bridgehead atoms. The number of rotatable bonds is 4. The van der Waals surface area contributed by atoms with E-state index in [-0.39, 0.29) is 10.3 Å². The Morgan fingerprint density at radius 3 is 2.45 bits per heavy atom. The Labute approximate surface area is 119 Å². The lowest BCUT2D eigenvalue weighted by Crippen LogP contribution is -2.69. The van der Waals surface area contributed by atoms with E-state index >= 15 is 0 Å². The second kappa shape index (κ2) is 3.85. The van der Waals surface area contributed by atoms with Crippen LogP contribution in [0.15, 0.2) is 34.3 Å². The fourth-order valence-electron chi connectivity index (χ4n) is 4.43. The standard InChI is InChI=1S/C15H18N2O2S/c1-10-2-4-13(5-3-10)20(18,19)17-16-9-15-7-11-6-12(8-15)14(11)15/h2-5,9,11-12,14,17H,6-8H2,1H3. The van der Waals surface area contributed by atoms with Gasteiger partial charge in [-0.05, 0) is 56.1 Å². The Bertz CT molecular complexity index is 666. The molecule has 0 radical (unpaired) electrons. The number of aryl methyl sites for hydroxylation is 1. The quantitative estimate of drug-likeness (QED) is 0.683. The highest BCUT2D eigenvalue weighted by Crippen LogP contribution is 2.76. The molecule has 0 aliphatic heterocycles. The van der Waals surface area contributed by atoms with E-state index in [1.165, 1.54) is 19.3 Å². The summed E-state index contributed by atoms with van der Waals surface area (Å²) in [5.41, 5.74) is 1.26. The van der Waals surface area contributed by atoms with Gasteiger partial charge in [-0.25, -0.2) is 4.83 Å². The Morgan fingerprint density at radius 2 is 1.90 bits per heavy atom. The number of nitrogens with one attached hydrogen (secondary N) is 1. The molecule has 20 heavy (non-hydrogen) atoms. The number of hydrogen-bond acceptors (Lipinski definition) is 3. The molecule has 0 saturated heterocycles. The SMILES string of the molecule is Cc1ccc(S(=O)(=O)NN=CC23CC4CC(C2)C43)cc1. The normalized spacial score (nSPS) is 37.5. The molecule has 0 spiro atoms. The highest BCUT2D eigenvalue weighted by molar-refractivity contribution is 7.89. The molecule has 5 heteroatoms. The summed E-state index contributed by atoms with van der Waals surface area (Å²) < 4.78 is 24.2. The molecule has 3 fully saturated rings. The van der Waals surface area contributed by atoms with Gasteiger partial charge in [0, 0.05) is 11.6 Å². The number of hydrazone groups is 1. The zero-order chi connectivity index (χ0) is 14.0. The van der Waals surface area contributed by atoms with Crippen molar-refractivity contribution in [3.63, 3.8) is 0 Å². The van der Waals surface area contributed by atoms with Gasteiger partial charge in [-0.15, -0.1) is 0 Å². The van der Waals surface area contributed by atoms with Crippen LogP contribution < -0.4 is 4.83 Å². The Morgan fingerprint density at radius 1 is 1.25 bits per heavy atom. The first-order valence-electron chi connectivity index (χ1n) is 7.13. The van der Waals surface area contributed by atoms with E-state index in [2.05, 4.69) is 9.93 Å². The van der Waals surface area contributed by atoms with Crippen molar-refractivity contribution in [2.75, 3.05) is 0 Å². The van der Waals surface area contributed by atoms with E-state index in [0.29, 0.717) is 0 Å². The third-order valence-corrected chi connectivity index (χ3v) is 6.63. The second-order valence-electron chi connectivity index (χ2n) is 6.59. The Hall–Kier alpha value is -1.36. The number of nitrogens with zero attached hydrogens (tertiary/aromatic N) is 1. The number of benzene rings is 1. The molecule has 4 rings (SSSR count). The van der Waals surface area contributed by atoms with Crippen molar-refractivity contribution in [2.45, 2.75) is 31.1 Å². The zero-order valence-corrected chi connectivity index (χ0v) is 12.2. The van der Waals surface area contributed by atoms with Crippen LogP contribution in [-0.4, -0.2) is 14.6 Å². The fourth-order valence-corrected chi connectivity index (χ4v) is 5.22. The summed E-state index contributed by atoms with van der Waals surface area (Å²) in [5, 5.41) is 4.03. The van der Waals surface area contributed by atoms with Crippen molar-refractivity contribution in [3.8, 4) is 0 Å². The fraction of sp³-hybridized carbons (Fsp3) is 0.533. The van der Waals surface area contributed by atoms with Crippen LogP contribution in [0.25, 0.3) is 0 Å². The maximum atomic E-state index is 12.1. The second-order valence-corrected chi connectivity index (χ2v) is 8.25. The molecular weight excluding hydrogens is 272 g/mol. The van der Waals surface area contributed by atoms with Gasteiger partial charge >= 0.3 is 0 Å². The van der Waals surface area contributed by atoms with Gasteiger partial charge in [0.25, 0.3) is 10.0 Å². The van der Waals surface area contributed by atoms with Gasteiger partial charge in [0.05, 0.1) is 4.90 Å². The van der Waals surface area contributed by atoms with Crippen LogP contribution >= 0.6 is 0 Å². The lowest BCUT2D eigenvalue weighted by molar-refractivity contribution is -0.227. The molecule has 0 aromatic heterocycles. The molecule has 1 N–H and O–H groups in total. The van der Waals surface area contributed by atoms with Gasteiger partial charge in [0.2, 0.25) is 0 Å². The van der Waals surface area contributed by atoms with Gasteiger partial charge in [0.1, 0.15) is 0 Å². The maximum Gasteiger partial charge on any atom is 0.276 e. The molecule has 0 heterocycles. The minimum Gasteiger partial charge on any atom is -0.200 e. The van der Waals surface area contributed by atoms with Crippen molar-refractivity contribution in [3.05, 3.63) is 29.8 Å². The molecule has 106 valence electrons. The van der Waals surface area contributed by atoms with E-state index in [4.69, 9.17) is 0 Å². The van der Waals surface area contributed by atoms with E-state index < -0.39 is 10.0 Å². The summed E-state index contributed by atoms with van der Waals surface area (Å²) in [6.07, 6.45) is 5.64. The van der Waals surface area contributed by atoms with E-state index in [1.54, 1.807) is 24.3 Å². The summed E-state index contributed by atoms with van der Waals surface area (Å²) in [4.78, 5) is 2.61. The van der Waals surface area contributed by atoms with Crippen molar-refractivity contribution < 1.29 is 8.42 Å². The van der Waals surface area contributed by atoms with Gasteiger partial charge in [0.15, 0.2) is 0 Å². The lowest BCUT2D eigenvalue weighted by Gasteiger charge is -2.74. The summed E-state index contributed by atoms with van der Waals surface area (Å²) in [7, 11) is -3.53. The largest absolute Gasteiger partial charge is 0.276 e. The molecule has 1 aromatic rings. The molecule has 2 atom stereocenters. The van der Waals surface area contributed by atoms with Crippen LogP contribution in [-0.2, 0) is 10.0 Å². The Balaban J connectivity index is 1.45. The van der Waals surface area contributed by atoms with Crippen molar-refractivity contribution in [1.82, 2.24) is 4.83 Å². The first kappa shape index (κ1) is 12.4.